The Hall–Kier alpha value is -3.96. The Labute approximate surface area is 212 Å². The molecule has 8 nitrogen and oxygen atoms in total. The minimum Gasteiger partial charge on any atom is -0.489 e. The van der Waals surface area contributed by atoms with Gasteiger partial charge in [-0.05, 0) is 82.1 Å². The first-order chi connectivity index (χ1) is 17.3. The second-order valence-electron chi connectivity index (χ2n) is 9.41. The first kappa shape index (κ1) is 25.1. The lowest BCUT2D eigenvalue weighted by Crippen LogP contribution is -2.35. The number of piperidine rings is 1. The van der Waals surface area contributed by atoms with E-state index in [4.69, 9.17) is 20.6 Å². The van der Waals surface area contributed by atoms with Crippen LogP contribution < -0.4 is 15.2 Å². The van der Waals surface area contributed by atoms with Gasteiger partial charge in [-0.3, -0.25) is 5.41 Å². The first-order valence-electron chi connectivity index (χ1n) is 12.1. The van der Waals surface area contributed by atoms with Crippen LogP contribution in [0.4, 0.5) is 5.69 Å². The molecule has 1 aliphatic rings. The van der Waals surface area contributed by atoms with Crippen molar-refractivity contribution in [2.45, 2.75) is 46.3 Å². The quantitative estimate of drug-likeness (QED) is 0.378. The van der Waals surface area contributed by atoms with Gasteiger partial charge in [0.2, 0.25) is 0 Å². The van der Waals surface area contributed by atoms with Crippen LogP contribution in [0.25, 0.3) is 0 Å². The molecule has 0 atom stereocenters. The topological polar surface area (TPSA) is 121 Å². The number of benzene rings is 2. The van der Waals surface area contributed by atoms with Crippen LogP contribution in [0.1, 0.15) is 51.9 Å². The maximum atomic E-state index is 9.85. The number of ether oxygens (including phenoxy) is 2. The number of nitrogens with one attached hydrogen (secondary N) is 1. The van der Waals surface area contributed by atoms with Crippen molar-refractivity contribution in [3.05, 3.63) is 75.6 Å². The third-order valence-corrected chi connectivity index (χ3v) is 6.68. The highest BCUT2D eigenvalue weighted by Gasteiger charge is 2.22. The third-order valence-electron chi connectivity index (χ3n) is 6.68. The highest BCUT2D eigenvalue weighted by atomic mass is 16.5. The summed E-state index contributed by atoms with van der Waals surface area (Å²) in [6.45, 7) is 8.08. The summed E-state index contributed by atoms with van der Waals surface area (Å²) in [5, 5.41) is 26.8. The van der Waals surface area contributed by atoms with Gasteiger partial charge in [0.25, 0.3) is 0 Å². The molecule has 0 aliphatic carbocycles. The van der Waals surface area contributed by atoms with Gasteiger partial charge in [0.1, 0.15) is 30.3 Å². The van der Waals surface area contributed by atoms with E-state index in [0.717, 1.165) is 48.3 Å². The van der Waals surface area contributed by atoms with E-state index >= 15 is 0 Å². The number of nitrogen functional groups attached to an aromatic ring is 1. The Bertz CT molecular complexity index is 1300. The fraction of sp³-hybridized carbons (Fsp3) is 0.357. The average Bonchev–Trinajstić information content (AvgIpc) is 2.86. The number of rotatable bonds is 7. The Kier molecular flexibility index (Phi) is 7.51. The number of hydrogen-bond acceptors (Lipinski definition) is 8. The number of nitrogens with zero attached hydrogens (tertiary/aromatic N) is 4. The van der Waals surface area contributed by atoms with Crippen molar-refractivity contribution in [1.29, 1.82) is 10.7 Å². The Morgan fingerprint density at radius 1 is 1.17 bits per heavy atom. The number of aromatic nitrogens is 2. The molecule has 186 valence electrons. The van der Waals surface area contributed by atoms with Gasteiger partial charge in [0, 0.05) is 35.5 Å². The van der Waals surface area contributed by atoms with Gasteiger partial charge in [0.05, 0.1) is 23.2 Å². The lowest BCUT2D eigenvalue weighted by Gasteiger charge is -2.30. The number of aryl methyl sites for hydroxylation is 3. The van der Waals surface area contributed by atoms with E-state index in [-0.39, 0.29) is 11.8 Å². The van der Waals surface area contributed by atoms with Crippen LogP contribution in [0.3, 0.4) is 0 Å². The van der Waals surface area contributed by atoms with Crippen LogP contribution in [0.2, 0.25) is 0 Å². The highest BCUT2D eigenvalue weighted by molar-refractivity contribution is 6.14. The van der Waals surface area contributed by atoms with Crippen molar-refractivity contribution in [1.82, 2.24) is 15.1 Å². The smallest absolute Gasteiger partial charge is 0.140 e. The molecule has 0 bridgehead atoms. The number of nitrogens with two attached hydrogens (primary N) is 1. The van der Waals surface area contributed by atoms with Crippen LogP contribution in [-0.2, 0) is 6.61 Å². The third kappa shape index (κ3) is 5.47. The molecule has 0 amide bonds. The summed E-state index contributed by atoms with van der Waals surface area (Å²) in [4.78, 5) is 2.28. The molecule has 1 saturated heterocycles. The Morgan fingerprint density at radius 2 is 1.92 bits per heavy atom. The van der Waals surface area contributed by atoms with Crippen molar-refractivity contribution in [2.75, 3.05) is 25.9 Å². The van der Waals surface area contributed by atoms with E-state index in [2.05, 4.69) is 28.2 Å². The molecule has 0 spiro atoms. The van der Waals surface area contributed by atoms with Crippen LogP contribution >= 0.6 is 0 Å². The molecule has 8 heteroatoms. The SMILES string of the molecule is Cc1cnnc(C)c1COc1ccc(N)c(C(=N)c2cc(C)c(OC3CCN(C)CC3)c(C#N)c2)c1. The monoisotopic (exact) mass is 484 g/mol. The summed E-state index contributed by atoms with van der Waals surface area (Å²) in [7, 11) is 2.10. The van der Waals surface area contributed by atoms with Crippen LogP contribution in [0.15, 0.2) is 36.5 Å². The summed E-state index contributed by atoms with van der Waals surface area (Å²) in [6, 6.07) is 11.1. The van der Waals surface area contributed by atoms with E-state index in [1.165, 1.54) is 0 Å². The van der Waals surface area contributed by atoms with Crippen molar-refractivity contribution >= 4 is 11.4 Å². The predicted molar refractivity (Wildman–Crippen MR) is 140 cm³/mol. The van der Waals surface area contributed by atoms with Gasteiger partial charge >= 0.3 is 0 Å². The zero-order valence-electron chi connectivity index (χ0n) is 21.3. The molecule has 1 fully saturated rings. The lowest BCUT2D eigenvalue weighted by molar-refractivity contribution is 0.113. The second kappa shape index (κ2) is 10.8. The predicted octanol–water partition coefficient (Wildman–Crippen LogP) is 4.32. The summed E-state index contributed by atoms with van der Waals surface area (Å²) >= 11 is 0. The Morgan fingerprint density at radius 3 is 2.61 bits per heavy atom. The van der Waals surface area contributed by atoms with Gasteiger partial charge in [-0.25, -0.2) is 0 Å². The fourth-order valence-electron chi connectivity index (χ4n) is 4.42. The summed E-state index contributed by atoms with van der Waals surface area (Å²) < 4.78 is 12.3. The second-order valence-corrected chi connectivity index (χ2v) is 9.41. The van der Waals surface area contributed by atoms with Crippen molar-refractivity contribution in [3.8, 4) is 17.6 Å². The molecular formula is C28H32N6O2. The summed E-state index contributed by atoms with van der Waals surface area (Å²) in [5.74, 6) is 1.20. The average molecular weight is 485 g/mol. The minimum absolute atomic E-state index is 0.0876. The number of likely N-dealkylation sites (tertiary alicyclic amines) is 1. The van der Waals surface area contributed by atoms with Crippen molar-refractivity contribution in [3.63, 3.8) is 0 Å². The Balaban J connectivity index is 1.56. The highest BCUT2D eigenvalue weighted by Crippen LogP contribution is 2.31. The van der Waals surface area contributed by atoms with Crippen molar-refractivity contribution < 1.29 is 9.47 Å². The first-order valence-corrected chi connectivity index (χ1v) is 12.1. The summed E-state index contributed by atoms with van der Waals surface area (Å²) in [5.41, 5.74) is 12.1. The van der Waals surface area contributed by atoms with Crippen LogP contribution in [0.5, 0.6) is 11.5 Å². The van der Waals surface area contributed by atoms with Gasteiger partial charge < -0.3 is 20.1 Å². The standard InChI is InChI=1S/C28H32N6O2/c1-17-11-20(12-21(14-29)28(17)36-22-7-9-34(4)10-8-22)27(31)24-13-23(5-6-26(24)30)35-16-25-18(2)15-32-33-19(25)3/h5-6,11-13,15,22,31H,7-10,16,30H2,1-4H3. The van der Waals surface area contributed by atoms with E-state index < -0.39 is 0 Å². The number of anilines is 1. The van der Waals surface area contributed by atoms with Gasteiger partial charge in [-0.1, -0.05) is 0 Å². The molecule has 36 heavy (non-hydrogen) atoms. The van der Waals surface area contributed by atoms with Gasteiger partial charge in [-0.2, -0.15) is 15.5 Å². The molecule has 3 aromatic rings. The van der Waals surface area contributed by atoms with E-state index in [9.17, 15) is 5.26 Å². The van der Waals surface area contributed by atoms with E-state index in [0.29, 0.717) is 40.5 Å². The molecule has 0 saturated carbocycles. The van der Waals surface area contributed by atoms with Crippen LogP contribution in [0, 0.1) is 37.5 Å². The van der Waals surface area contributed by atoms with Crippen LogP contribution in [-0.4, -0.2) is 47.1 Å². The molecule has 4 rings (SSSR count). The maximum Gasteiger partial charge on any atom is 0.140 e. The minimum atomic E-state index is 0.0876. The zero-order chi connectivity index (χ0) is 25.8. The molecule has 1 aromatic heterocycles. The van der Waals surface area contributed by atoms with E-state index in [1.54, 1.807) is 30.5 Å². The van der Waals surface area contributed by atoms with Crippen molar-refractivity contribution in [2.24, 2.45) is 0 Å². The molecule has 1 aliphatic heterocycles. The molecule has 2 aromatic carbocycles. The number of hydrogen-bond donors (Lipinski definition) is 2. The van der Waals surface area contributed by atoms with E-state index in [1.807, 2.05) is 26.8 Å². The molecule has 0 radical (unpaired) electrons. The molecule has 3 N–H and O–H groups in total. The molecule has 0 unspecified atom stereocenters. The molecule has 2 heterocycles. The fourth-order valence-corrected chi connectivity index (χ4v) is 4.42. The zero-order valence-corrected chi connectivity index (χ0v) is 21.3. The summed E-state index contributed by atoms with van der Waals surface area (Å²) in [6.07, 6.45) is 3.65. The lowest BCUT2D eigenvalue weighted by atomic mass is 9.96. The number of nitriles is 1. The normalized spacial score (nSPS) is 14.3. The largest absolute Gasteiger partial charge is 0.489 e. The van der Waals surface area contributed by atoms with Gasteiger partial charge in [0.15, 0.2) is 0 Å². The molecular weight excluding hydrogens is 452 g/mol. The van der Waals surface area contributed by atoms with Gasteiger partial charge in [-0.15, -0.1) is 0 Å². The maximum absolute atomic E-state index is 9.85.